The Hall–Kier alpha value is -4.45. The summed E-state index contributed by atoms with van der Waals surface area (Å²) in [5.74, 6) is -1.03. The van der Waals surface area contributed by atoms with Crippen molar-refractivity contribution in [2.45, 2.75) is 0 Å². The fraction of sp³-hybridized carbons (Fsp3) is 0. The molecular formula is C25H12N2O4. The number of pyridine rings is 1. The SMILES string of the molecule is O=C(O)c1ccc2c(c1)nc1c3ccc4oc5ccccc5c5ccc(c(=O)n21)c3c45. The van der Waals surface area contributed by atoms with Crippen LogP contribution in [0.4, 0.5) is 0 Å². The number of benzene rings is 4. The first-order valence-electron chi connectivity index (χ1n) is 9.79. The second kappa shape index (κ2) is 5.37. The van der Waals surface area contributed by atoms with E-state index in [0.29, 0.717) is 27.6 Å². The van der Waals surface area contributed by atoms with Gasteiger partial charge in [0, 0.05) is 26.9 Å². The number of fused-ring (bicyclic) bond motifs is 6. The number of carboxylic acids is 1. The van der Waals surface area contributed by atoms with Gasteiger partial charge in [-0.05, 0) is 47.9 Å². The molecule has 0 saturated heterocycles. The van der Waals surface area contributed by atoms with Crippen LogP contribution in [0.2, 0.25) is 0 Å². The molecule has 7 rings (SSSR count). The Morgan fingerprint density at radius 1 is 0.839 bits per heavy atom. The van der Waals surface area contributed by atoms with E-state index in [0.717, 1.165) is 32.5 Å². The van der Waals surface area contributed by atoms with Gasteiger partial charge in [0.15, 0.2) is 0 Å². The Bertz CT molecular complexity index is 1950. The lowest BCUT2D eigenvalue weighted by atomic mass is 9.96. The van der Waals surface area contributed by atoms with Gasteiger partial charge < -0.3 is 9.52 Å². The average Bonchev–Trinajstić information content (AvgIpc) is 3.17. The molecule has 0 radical (unpaired) electrons. The second-order valence-electron chi connectivity index (χ2n) is 7.70. The molecule has 0 aliphatic heterocycles. The summed E-state index contributed by atoms with van der Waals surface area (Å²) < 4.78 is 7.72. The second-order valence-corrected chi connectivity index (χ2v) is 7.70. The maximum Gasteiger partial charge on any atom is 0.335 e. The van der Waals surface area contributed by atoms with Gasteiger partial charge in [-0.25, -0.2) is 9.78 Å². The minimum Gasteiger partial charge on any atom is -0.478 e. The monoisotopic (exact) mass is 404 g/mol. The number of rotatable bonds is 1. The molecule has 0 aliphatic carbocycles. The number of carboxylic acid groups (broad SMARTS) is 1. The Kier molecular flexibility index (Phi) is 2.83. The maximum atomic E-state index is 13.5. The molecule has 146 valence electrons. The lowest BCUT2D eigenvalue weighted by Crippen LogP contribution is -2.13. The summed E-state index contributed by atoms with van der Waals surface area (Å²) in [6.07, 6.45) is 0. The summed E-state index contributed by atoms with van der Waals surface area (Å²) in [5.41, 5.74) is 3.02. The van der Waals surface area contributed by atoms with Gasteiger partial charge in [-0.3, -0.25) is 9.20 Å². The van der Waals surface area contributed by atoms with Crippen molar-refractivity contribution in [2.75, 3.05) is 0 Å². The van der Waals surface area contributed by atoms with Crippen LogP contribution in [-0.2, 0) is 0 Å². The summed E-state index contributed by atoms with van der Waals surface area (Å²) >= 11 is 0. The predicted octanol–water partition coefficient (Wildman–Crippen LogP) is 5.19. The van der Waals surface area contributed by atoms with E-state index in [-0.39, 0.29) is 11.1 Å². The Morgan fingerprint density at radius 2 is 1.65 bits per heavy atom. The molecule has 0 aliphatic rings. The lowest BCUT2D eigenvalue weighted by molar-refractivity contribution is 0.0697. The minimum absolute atomic E-state index is 0.134. The first-order chi connectivity index (χ1) is 15.1. The van der Waals surface area contributed by atoms with Crippen molar-refractivity contribution >= 4 is 66.1 Å². The third kappa shape index (κ3) is 1.94. The number of imidazole rings is 1. The molecule has 6 heteroatoms. The highest BCUT2D eigenvalue weighted by atomic mass is 16.4. The zero-order valence-corrected chi connectivity index (χ0v) is 15.9. The van der Waals surface area contributed by atoms with E-state index in [1.54, 1.807) is 10.5 Å². The van der Waals surface area contributed by atoms with Crippen molar-refractivity contribution in [3.05, 3.63) is 82.6 Å². The van der Waals surface area contributed by atoms with E-state index in [1.165, 1.54) is 12.1 Å². The van der Waals surface area contributed by atoms with Gasteiger partial charge in [0.2, 0.25) is 0 Å². The molecular weight excluding hydrogens is 392 g/mol. The Labute approximate surface area is 172 Å². The van der Waals surface area contributed by atoms with Crippen molar-refractivity contribution in [3.63, 3.8) is 0 Å². The molecule has 31 heavy (non-hydrogen) atoms. The maximum absolute atomic E-state index is 13.5. The van der Waals surface area contributed by atoms with Crippen LogP contribution in [0.1, 0.15) is 10.4 Å². The smallest absolute Gasteiger partial charge is 0.335 e. The third-order valence-corrected chi connectivity index (χ3v) is 6.10. The van der Waals surface area contributed by atoms with E-state index >= 15 is 0 Å². The zero-order valence-electron chi connectivity index (χ0n) is 15.9. The van der Waals surface area contributed by atoms with Crippen molar-refractivity contribution in [1.29, 1.82) is 0 Å². The molecule has 0 amide bonds. The van der Waals surface area contributed by atoms with Crippen molar-refractivity contribution in [2.24, 2.45) is 0 Å². The molecule has 0 fully saturated rings. The molecule has 7 aromatic rings. The highest BCUT2D eigenvalue weighted by molar-refractivity contribution is 6.28. The quantitative estimate of drug-likeness (QED) is 0.301. The number of hydrogen-bond donors (Lipinski definition) is 1. The molecule has 4 aromatic carbocycles. The third-order valence-electron chi connectivity index (χ3n) is 6.10. The van der Waals surface area contributed by atoms with Crippen LogP contribution in [0, 0.1) is 0 Å². The van der Waals surface area contributed by atoms with Crippen LogP contribution >= 0.6 is 0 Å². The largest absolute Gasteiger partial charge is 0.478 e. The van der Waals surface area contributed by atoms with Gasteiger partial charge in [-0.15, -0.1) is 0 Å². The van der Waals surface area contributed by atoms with E-state index in [9.17, 15) is 14.7 Å². The van der Waals surface area contributed by atoms with Gasteiger partial charge in [0.25, 0.3) is 5.56 Å². The average molecular weight is 404 g/mol. The molecule has 0 saturated carbocycles. The topological polar surface area (TPSA) is 84.8 Å². The van der Waals surface area contributed by atoms with Crippen LogP contribution in [-0.4, -0.2) is 20.5 Å². The summed E-state index contributed by atoms with van der Waals surface area (Å²) in [7, 11) is 0. The molecule has 6 nitrogen and oxygen atoms in total. The van der Waals surface area contributed by atoms with Crippen LogP contribution in [0.3, 0.4) is 0 Å². The highest BCUT2D eigenvalue weighted by Crippen LogP contribution is 2.39. The molecule has 0 bridgehead atoms. The standard InChI is InChI=1S/C25H12N2O4/c28-24-16-7-6-14-13-3-1-2-4-19(13)31-20-10-8-15(21(16)22(14)20)23-26-17-11-12(25(29)30)5-9-18(17)27(23)24/h1-11H,(H,29,30). The van der Waals surface area contributed by atoms with E-state index in [1.807, 2.05) is 48.5 Å². The number of aromatic carboxylic acids is 1. The van der Waals surface area contributed by atoms with Crippen molar-refractivity contribution in [3.8, 4) is 0 Å². The zero-order chi connectivity index (χ0) is 20.9. The normalized spacial score (nSPS) is 12.3. The van der Waals surface area contributed by atoms with Crippen LogP contribution < -0.4 is 5.56 Å². The molecule has 3 heterocycles. The number of hydrogen-bond acceptors (Lipinski definition) is 4. The number of nitrogens with zero attached hydrogens (tertiary/aromatic N) is 2. The van der Waals surface area contributed by atoms with Gasteiger partial charge in [0.1, 0.15) is 16.8 Å². The summed E-state index contributed by atoms with van der Waals surface area (Å²) in [5, 5.41) is 14.4. The molecule has 0 unspecified atom stereocenters. The lowest BCUT2D eigenvalue weighted by Gasteiger charge is -2.12. The number of carbonyl (C=O) groups is 1. The van der Waals surface area contributed by atoms with Crippen LogP contribution in [0.5, 0.6) is 0 Å². The minimum atomic E-state index is -1.03. The summed E-state index contributed by atoms with van der Waals surface area (Å²) in [4.78, 5) is 29.6. The fourth-order valence-electron chi connectivity index (χ4n) is 4.75. The Balaban J connectivity index is 1.77. The van der Waals surface area contributed by atoms with Gasteiger partial charge in [-0.2, -0.15) is 0 Å². The van der Waals surface area contributed by atoms with Gasteiger partial charge in [0.05, 0.1) is 16.6 Å². The first-order valence-corrected chi connectivity index (χ1v) is 9.79. The molecule has 3 aromatic heterocycles. The highest BCUT2D eigenvalue weighted by Gasteiger charge is 2.20. The Morgan fingerprint density at radius 3 is 2.52 bits per heavy atom. The predicted molar refractivity (Wildman–Crippen MR) is 119 cm³/mol. The van der Waals surface area contributed by atoms with Gasteiger partial charge in [-0.1, -0.05) is 24.3 Å². The summed E-state index contributed by atoms with van der Waals surface area (Å²) in [6, 6.07) is 20.1. The van der Waals surface area contributed by atoms with E-state index in [4.69, 9.17) is 4.42 Å². The number of para-hydroxylation sites is 1. The number of aromatic nitrogens is 2. The van der Waals surface area contributed by atoms with Crippen LogP contribution in [0.15, 0.2) is 75.9 Å². The summed E-state index contributed by atoms with van der Waals surface area (Å²) in [6.45, 7) is 0. The van der Waals surface area contributed by atoms with Crippen molar-refractivity contribution in [1.82, 2.24) is 9.38 Å². The molecule has 0 spiro atoms. The van der Waals surface area contributed by atoms with E-state index in [2.05, 4.69) is 4.98 Å². The van der Waals surface area contributed by atoms with Crippen molar-refractivity contribution < 1.29 is 14.3 Å². The fourth-order valence-corrected chi connectivity index (χ4v) is 4.75. The van der Waals surface area contributed by atoms with Crippen LogP contribution in [0.25, 0.3) is 60.2 Å². The first kappa shape index (κ1) is 16.4. The van der Waals surface area contributed by atoms with Gasteiger partial charge >= 0.3 is 5.97 Å². The van der Waals surface area contributed by atoms with E-state index < -0.39 is 5.97 Å². The molecule has 0 atom stereocenters. The molecule has 1 N–H and O–H groups in total.